The minimum Gasteiger partial charge on any atom is -0.287 e. The van der Waals surface area contributed by atoms with E-state index in [1.54, 1.807) is 6.20 Å². The van der Waals surface area contributed by atoms with Crippen molar-refractivity contribution in [2.24, 2.45) is 0 Å². The normalized spacial score (nSPS) is 11.4. The lowest BCUT2D eigenvalue weighted by molar-refractivity contribution is 0.103. The molecule has 1 aromatic carbocycles. The van der Waals surface area contributed by atoms with Gasteiger partial charge < -0.3 is 0 Å². The molecule has 0 aliphatic carbocycles. The summed E-state index contributed by atoms with van der Waals surface area (Å²) in [5, 5.41) is 0. The number of rotatable bonds is 2. The summed E-state index contributed by atoms with van der Waals surface area (Å²) in [6, 6.07) is 11.5. The molecule has 0 amide bonds. The SMILES string of the molecule is Cc1ccnc(C(=O)c2ccc(C(C)(C)C)cc2)c1. The molecule has 98 valence electrons. The number of pyridine rings is 1. The predicted molar refractivity (Wildman–Crippen MR) is 77.5 cm³/mol. The summed E-state index contributed by atoms with van der Waals surface area (Å²) >= 11 is 0. The fourth-order valence-electron chi connectivity index (χ4n) is 1.93. The lowest BCUT2D eigenvalue weighted by Crippen LogP contribution is -2.11. The first kappa shape index (κ1) is 13.5. The zero-order chi connectivity index (χ0) is 14.0. The maximum Gasteiger partial charge on any atom is 0.211 e. The molecule has 1 heterocycles. The number of hydrogen-bond acceptors (Lipinski definition) is 2. The molecule has 0 unspecified atom stereocenters. The number of aromatic nitrogens is 1. The summed E-state index contributed by atoms with van der Waals surface area (Å²) in [4.78, 5) is 16.4. The molecular weight excluding hydrogens is 234 g/mol. The van der Waals surface area contributed by atoms with Crippen LogP contribution >= 0.6 is 0 Å². The largest absolute Gasteiger partial charge is 0.287 e. The molecule has 0 aliphatic heterocycles. The molecule has 0 radical (unpaired) electrons. The highest BCUT2D eigenvalue weighted by Gasteiger charge is 2.15. The van der Waals surface area contributed by atoms with Crippen molar-refractivity contribution in [3.63, 3.8) is 0 Å². The van der Waals surface area contributed by atoms with Gasteiger partial charge in [0.2, 0.25) is 5.78 Å². The van der Waals surface area contributed by atoms with Crippen molar-refractivity contribution >= 4 is 5.78 Å². The van der Waals surface area contributed by atoms with Gasteiger partial charge in [-0.25, -0.2) is 0 Å². The number of ketones is 1. The molecule has 19 heavy (non-hydrogen) atoms. The van der Waals surface area contributed by atoms with Crippen molar-refractivity contribution in [3.8, 4) is 0 Å². The van der Waals surface area contributed by atoms with Crippen LogP contribution in [-0.4, -0.2) is 10.8 Å². The number of carbonyl (C=O) groups excluding carboxylic acids is 1. The van der Waals surface area contributed by atoms with Crippen LogP contribution in [0.4, 0.5) is 0 Å². The van der Waals surface area contributed by atoms with Gasteiger partial charge in [-0.3, -0.25) is 9.78 Å². The van der Waals surface area contributed by atoms with Gasteiger partial charge in [-0.15, -0.1) is 0 Å². The van der Waals surface area contributed by atoms with Crippen molar-refractivity contribution < 1.29 is 4.79 Å². The minimum atomic E-state index is -0.0239. The van der Waals surface area contributed by atoms with Crippen molar-refractivity contribution in [2.45, 2.75) is 33.1 Å². The molecule has 0 saturated heterocycles. The Bertz CT molecular complexity index is 591. The van der Waals surface area contributed by atoms with Crippen molar-refractivity contribution in [1.82, 2.24) is 4.98 Å². The fourth-order valence-corrected chi connectivity index (χ4v) is 1.93. The van der Waals surface area contributed by atoms with Gasteiger partial charge in [0.05, 0.1) is 0 Å². The van der Waals surface area contributed by atoms with Crippen LogP contribution in [0.5, 0.6) is 0 Å². The second-order valence-corrected chi connectivity index (χ2v) is 5.87. The van der Waals surface area contributed by atoms with Crippen LogP contribution in [0.3, 0.4) is 0 Å². The third kappa shape index (κ3) is 3.08. The van der Waals surface area contributed by atoms with Crippen LogP contribution in [0.15, 0.2) is 42.6 Å². The number of nitrogens with zero attached hydrogens (tertiary/aromatic N) is 1. The van der Waals surface area contributed by atoms with E-state index in [0.29, 0.717) is 11.3 Å². The predicted octanol–water partition coefficient (Wildman–Crippen LogP) is 3.92. The third-order valence-electron chi connectivity index (χ3n) is 3.16. The van der Waals surface area contributed by atoms with Gasteiger partial charge in [0.15, 0.2) is 0 Å². The summed E-state index contributed by atoms with van der Waals surface area (Å²) in [6.45, 7) is 8.44. The average Bonchev–Trinajstić information content (AvgIpc) is 2.37. The van der Waals surface area contributed by atoms with Gasteiger partial charge in [-0.1, -0.05) is 45.0 Å². The second kappa shape index (κ2) is 4.96. The Labute approximate surface area is 114 Å². The molecule has 0 aliphatic rings. The smallest absolute Gasteiger partial charge is 0.211 e. The van der Waals surface area contributed by atoms with E-state index in [-0.39, 0.29) is 11.2 Å². The van der Waals surface area contributed by atoms with E-state index in [1.807, 2.05) is 43.3 Å². The molecule has 2 rings (SSSR count). The lowest BCUT2D eigenvalue weighted by Gasteiger charge is -2.18. The Balaban J connectivity index is 2.30. The summed E-state index contributed by atoms with van der Waals surface area (Å²) in [6.07, 6.45) is 1.67. The van der Waals surface area contributed by atoms with E-state index in [9.17, 15) is 4.79 Å². The standard InChI is InChI=1S/C17H19NO/c1-12-9-10-18-15(11-12)16(19)13-5-7-14(8-6-13)17(2,3)4/h5-11H,1-4H3. The zero-order valence-electron chi connectivity index (χ0n) is 11.9. The maximum absolute atomic E-state index is 12.3. The van der Waals surface area contributed by atoms with Crippen molar-refractivity contribution in [3.05, 3.63) is 65.0 Å². The van der Waals surface area contributed by atoms with Crippen LogP contribution in [0.1, 0.15) is 48.0 Å². The number of aryl methyl sites for hydroxylation is 1. The van der Waals surface area contributed by atoms with Gasteiger partial charge in [-0.05, 0) is 35.6 Å². The Morgan fingerprint density at radius 1 is 1.05 bits per heavy atom. The van der Waals surface area contributed by atoms with E-state index in [4.69, 9.17) is 0 Å². The Hall–Kier alpha value is -1.96. The van der Waals surface area contributed by atoms with E-state index < -0.39 is 0 Å². The molecule has 0 spiro atoms. The van der Waals surface area contributed by atoms with Crippen molar-refractivity contribution in [1.29, 1.82) is 0 Å². The number of carbonyl (C=O) groups is 1. The zero-order valence-corrected chi connectivity index (χ0v) is 11.9. The van der Waals surface area contributed by atoms with Gasteiger partial charge in [0.1, 0.15) is 5.69 Å². The highest BCUT2D eigenvalue weighted by Crippen LogP contribution is 2.22. The van der Waals surface area contributed by atoms with E-state index in [0.717, 1.165) is 5.56 Å². The van der Waals surface area contributed by atoms with Gasteiger partial charge in [-0.2, -0.15) is 0 Å². The highest BCUT2D eigenvalue weighted by molar-refractivity contribution is 6.07. The number of hydrogen-bond donors (Lipinski definition) is 0. The summed E-state index contributed by atoms with van der Waals surface area (Å²) in [5.74, 6) is -0.0239. The number of benzene rings is 1. The van der Waals surface area contributed by atoms with Crippen LogP contribution in [0, 0.1) is 6.92 Å². The quantitative estimate of drug-likeness (QED) is 0.759. The molecule has 2 aromatic rings. The van der Waals surface area contributed by atoms with Gasteiger partial charge in [0, 0.05) is 11.8 Å². The monoisotopic (exact) mass is 253 g/mol. The van der Waals surface area contributed by atoms with Crippen LogP contribution in [0.2, 0.25) is 0 Å². The van der Waals surface area contributed by atoms with E-state index in [2.05, 4.69) is 25.8 Å². The fraction of sp³-hybridized carbons (Fsp3) is 0.294. The first-order valence-electron chi connectivity index (χ1n) is 6.46. The third-order valence-corrected chi connectivity index (χ3v) is 3.16. The van der Waals surface area contributed by atoms with Crippen LogP contribution in [-0.2, 0) is 5.41 Å². The lowest BCUT2D eigenvalue weighted by atomic mass is 9.86. The highest BCUT2D eigenvalue weighted by atomic mass is 16.1. The summed E-state index contributed by atoms with van der Waals surface area (Å²) < 4.78 is 0. The topological polar surface area (TPSA) is 30.0 Å². The van der Waals surface area contributed by atoms with Gasteiger partial charge in [0.25, 0.3) is 0 Å². The van der Waals surface area contributed by atoms with Gasteiger partial charge >= 0.3 is 0 Å². The summed E-state index contributed by atoms with van der Waals surface area (Å²) in [7, 11) is 0. The molecule has 0 bridgehead atoms. The molecule has 0 fully saturated rings. The molecule has 0 saturated carbocycles. The molecule has 1 aromatic heterocycles. The van der Waals surface area contributed by atoms with Crippen molar-refractivity contribution in [2.75, 3.05) is 0 Å². The molecule has 0 N–H and O–H groups in total. The average molecular weight is 253 g/mol. The molecule has 2 heteroatoms. The first-order chi connectivity index (χ1) is 8.88. The van der Waals surface area contributed by atoms with E-state index in [1.165, 1.54) is 5.56 Å². The van der Waals surface area contributed by atoms with Crippen LogP contribution < -0.4 is 0 Å². The summed E-state index contributed by atoms with van der Waals surface area (Å²) in [5.41, 5.74) is 3.56. The first-order valence-corrected chi connectivity index (χ1v) is 6.46. The molecular formula is C17H19NO. The Kier molecular flexibility index (Phi) is 3.52. The minimum absolute atomic E-state index is 0.0239. The molecule has 2 nitrogen and oxygen atoms in total. The second-order valence-electron chi connectivity index (χ2n) is 5.87. The van der Waals surface area contributed by atoms with E-state index >= 15 is 0 Å². The Morgan fingerprint density at radius 2 is 1.68 bits per heavy atom. The maximum atomic E-state index is 12.3. The Morgan fingerprint density at radius 3 is 2.21 bits per heavy atom. The van der Waals surface area contributed by atoms with Crippen LogP contribution in [0.25, 0.3) is 0 Å². The molecule has 0 atom stereocenters.